The van der Waals surface area contributed by atoms with Crippen molar-refractivity contribution in [2.75, 3.05) is 13.7 Å². The van der Waals surface area contributed by atoms with E-state index >= 15 is 0 Å². The van der Waals surface area contributed by atoms with Crippen molar-refractivity contribution in [3.63, 3.8) is 0 Å². The molecule has 0 aromatic rings. The first kappa shape index (κ1) is 36.2. The smallest absolute Gasteiger partial charge is 0.135 e. The fourth-order valence-electron chi connectivity index (χ4n) is 9.83. The Morgan fingerprint density at radius 3 is 2.49 bits per heavy atom. The second-order valence-corrected chi connectivity index (χ2v) is 16.5. The second kappa shape index (κ2) is 14.7. The number of aliphatic hydroxyl groups is 1. The van der Waals surface area contributed by atoms with Gasteiger partial charge in [0.2, 0.25) is 0 Å². The summed E-state index contributed by atoms with van der Waals surface area (Å²) < 4.78 is 50.6. The molecule has 0 aromatic carbocycles. The topological polar surface area (TPSA) is 111 Å². The molecule has 0 radical (unpaired) electrons. The van der Waals surface area contributed by atoms with E-state index in [1.807, 2.05) is 0 Å². The van der Waals surface area contributed by atoms with Crippen LogP contribution in [0.5, 0.6) is 0 Å². The number of carbonyl (C=O) groups excluding carboxylic acids is 1. The number of methoxy groups -OCH3 is 1. The molecule has 0 saturated carbocycles. The third kappa shape index (κ3) is 7.38. The number of hydrogen-bond donors (Lipinski definition) is 1. The van der Waals surface area contributed by atoms with Crippen LogP contribution in [0.4, 0.5) is 0 Å². The van der Waals surface area contributed by atoms with Crippen molar-refractivity contribution in [1.29, 1.82) is 0 Å². The molecule has 10 heteroatoms. The summed E-state index contributed by atoms with van der Waals surface area (Å²) in [6.07, 6.45) is 5.22. The van der Waals surface area contributed by atoms with Gasteiger partial charge in [-0.15, -0.1) is 0 Å². The van der Waals surface area contributed by atoms with Gasteiger partial charge in [-0.25, -0.2) is 0 Å². The summed E-state index contributed by atoms with van der Waals surface area (Å²) in [4.78, 5) is 13.6. The average molecular weight is 689 g/mol. The molecule has 7 rings (SSSR count). The molecule has 0 aliphatic carbocycles. The highest BCUT2D eigenvalue weighted by molar-refractivity contribution is 5.79. The van der Waals surface area contributed by atoms with E-state index in [0.717, 1.165) is 49.7 Å². The Balaban J connectivity index is 0.907. The van der Waals surface area contributed by atoms with E-state index < -0.39 is 18.3 Å². The van der Waals surface area contributed by atoms with Crippen molar-refractivity contribution in [2.45, 2.75) is 189 Å². The van der Waals surface area contributed by atoms with E-state index in [4.69, 9.17) is 37.9 Å². The van der Waals surface area contributed by atoms with Crippen molar-refractivity contribution >= 4 is 5.78 Å². The largest absolute Gasteiger partial charge is 0.387 e. The molecule has 10 nitrogen and oxygen atoms in total. The van der Waals surface area contributed by atoms with Gasteiger partial charge in [-0.3, -0.25) is 4.79 Å². The first-order chi connectivity index (χ1) is 23.4. The van der Waals surface area contributed by atoms with Crippen LogP contribution < -0.4 is 0 Å². The molecule has 276 valence electrons. The van der Waals surface area contributed by atoms with E-state index in [9.17, 15) is 9.90 Å². The molecule has 7 aliphatic heterocycles. The highest BCUT2D eigenvalue weighted by atomic mass is 16.7. The van der Waals surface area contributed by atoms with Crippen molar-refractivity contribution in [3.8, 4) is 0 Å². The van der Waals surface area contributed by atoms with Gasteiger partial charge in [0.05, 0.1) is 67.1 Å². The Morgan fingerprint density at radius 2 is 1.76 bits per heavy atom. The molecule has 0 bridgehead atoms. The zero-order chi connectivity index (χ0) is 34.6. The van der Waals surface area contributed by atoms with Gasteiger partial charge in [0.15, 0.2) is 0 Å². The summed E-state index contributed by atoms with van der Waals surface area (Å²) >= 11 is 0. The first-order valence-electron chi connectivity index (χ1n) is 19.1. The van der Waals surface area contributed by atoms with E-state index in [2.05, 4.69) is 40.9 Å². The number of carbonyl (C=O) groups is 1. The molecule has 1 N–H and O–H groups in total. The minimum Gasteiger partial charge on any atom is -0.387 e. The lowest BCUT2D eigenvalue weighted by molar-refractivity contribution is -0.266. The van der Waals surface area contributed by atoms with Gasteiger partial charge in [-0.1, -0.05) is 27.0 Å². The number of rotatable bonds is 11. The van der Waals surface area contributed by atoms with Crippen molar-refractivity contribution in [1.82, 2.24) is 0 Å². The predicted molar refractivity (Wildman–Crippen MR) is 181 cm³/mol. The van der Waals surface area contributed by atoms with E-state index in [-0.39, 0.29) is 90.9 Å². The van der Waals surface area contributed by atoms with E-state index in [0.29, 0.717) is 38.2 Å². The number of hydrogen-bond acceptors (Lipinski definition) is 10. The summed E-state index contributed by atoms with van der Waals surface area (Å²) in [5.41, 5.74) is 1.95. The van der Waals surface area contributed by atoms with Gasteiger partial charge in [0.1, 0.15) is 36.3 Å². The van der Waals surface area contributed by atoms with Crippen LogP contribution in [0.25, 0.3) is 0 Å². The van der Waals surface area contributed by atoms with Gasteiger partial charge in [-0.05, 0) is 75.9 Å². The Bertz CT molecular complexity index is 1220. The van der Waals surface area contributed by atoms with Gasteiger partial charge in [0, 0.05) is 38.7 Å². The average Bonchev–Trinajstić information content (AvgIpc) is 3.80. The number of ether oxygens (including phenoxy) is 8. The Hall–Kier alpha value is -1.21. The Kier molecular flexibility index (Phi) is 10.8. The SMILES string of the molecule is C=C1C[C@H](CC[C@]2(C)C[C@H]3O[C@H]4[C@@H](O)C5O[C@@H](CC(=O)C[C@H]6C(C[C@H]7O[C@@H](CC)C[C@@H](C)C7=C)OC[C@@H]6OC)CC[C@@H]5O[C@H]4C3O2)O[C@H]1C. The van der Waals surface area contributed by atoms with Crippen LogP contribution in [0.2, 0.25) is 0 Å². The van der Waals surface area contributed by atoms with Crippen LogP contribution in [-0.2, 0) is 42.7 Å². The van der Waals surface area contributed by atoms with Crippen LogP contribution in [0.3, 0.4) is 0 Å². The number of aliphatic hydroxyl groups excluding tert-OH is 1. The Morgan fingerprint density at radius 1 is 0.959 bits per heavy atom. The van der Waals surface area contributed by atoms with Crippen LogP contribution in [0.1, 0.15) is 98.3 Å². The minimum atomic E-state index is -0.843. The van der Waals surface area contributed by atoms with E-state index in [1.54, 1.807) is 7.11 Å². The molecule has 0 amide bonds. The third-order valence-electron chi connectivity index (χ3n) is 12.9. The maximum Gasteiger partial charge on any atom is 0.135 e. The number of Topliss-reactive ketones (excluding diaryl/α,β-unsaturated/α-hetero) is 1. The highest BCUT2D eigenvalue weighted by Gasteiger charge is 2.62. The molecular weight excluding hydrogens is 628 g/mol. The van der Waals surface area contributed by atoms with Gasteiger partial charge in [-0.2, -0.15) is 0 Å². The van der Waals surface area contributed by atoms with Crippen LogP contribution in [0.15, 0.2) is 24.3 Å². The standard InChI is InChI=1S/C39H60O10/c1-8-25-13-20(2)22(4)30(45-25)17-31-28(33(42-7)19-43-31)16-24(40)15-26-9-10-29-35(46-26)34(41)37-38(47-29)36-32(48-37)18-39(6,49-36)12-11-27-14-21(3)23(5)44-27/h20,23,25-38,41H,3-4,8-19H2,1-2,5-7H3/t20-,23+,25+,26-,27+,28+,29+,30-,31?,32-,33+,34+,35?,36?,37+,38+,39-/m1/s1. The third-order valence-corrected chi connectivity index (χ3v) is 12.9. The molecule has 7 aliphatic rings. The zero-order valence-corrected chi connectivity index (χ0v) is 30.3. The van der Waals surface area contributed by atoms with Crippen molar-refractivity contribution in [2.24, 2.45) is 11.8 Å². The molecular formula is C39H60O10. The number of fused-ring (bicyclic) bond motifs is 4. The highest BCUT2D eigenvalue weighted by Crippen LogP contribution is 2.48. The van der Waals surface area contributed by atoms with Crippen molar-refractivity contribution in [3.05, 3.63) is 24.3 Å². The Labute approximate surface area is 292 Å². The molecule has 7 heterocycles. The normalized spacial score (nSPS) is 49.6. The first-order valence-corrected chi connectivity index (χ1v) is 19.1. The minimum absolute atomic E-state index is 0.0578. The molecule has 0 spiro atoms. The van der Waals surface area contributed by atoms with Gasteiger partial charge < -0.3 is 43.0 Å². The molecule has 0 aromatic heterocycles. The maximum atomic E-state index is 13.6. The van der Waals surface area contributed by atoms with Crippen LogP contribution >= 0.6 is 0 Å². The van der Waals surface area contributed by atoms with Crippen LogP contribution in [0, 0.1) is 11.8 Å². The molecule has 17 atom stereocenters. The lowest BCUT2D eigenvalue weighted by Crippen LogP contribution is -2.61. The van der Waals surface area contributed by atoms with Gasteiger partial charge >= 0.3 is 0 Å². The summed E-state index contributed by atoms with van der Waals surface area (Å²) in [5, 5.41) is 11.5. The zero-order valence-electron chi connectivity index (χ0n) is 30.3. The second-order valence-electron chi connectivity index (χ2n) is 16.5. The van der Waals surface area contributed by atoms with E-state index in [1.165, 1.54) is 0 Å². The summed E-state index contributed by atoms with van der Waals surface area (Å²) in [6, 6.07) is 0. The summed E-state index contributed by atoms with van der Waals surface area (Å²) in [6.45, 7) is 17.5. The summed E-state index contributed by atoms with van der Waals surface area (Å²) in [7, 11) is 1.69. The molecule has 7 saturated heterocycles. The summed E-state index contributed by atoms with van der Waals surface area (Å²) in [5.74, 6) is 0.469. The quantitative estimate of drug-likeness (QED) is 0.297. The van der Waals surface area contributed by atoms with Crippen molar-refractivity contribution < 1.29 is 47.8 Å². The lowest BCUT2D eigenvalue weighted by Gasteiger charge is -2.47. The van der Waals surface area contributed by atoms with Gasteiger partial charge in [0.25, 0.3) is 0 Å². The molecule has 3 unspecified atom stereocenters. The molecule has 7 fully saturated rings. The number of ketones is 1. The lowest BCUT2D eigenvalue weighted by atomic mass is 9.82. The van der Waals surface area contributed by atoms with Crippen LogP contribution in [-0.4, -0.2) is 116 Å². The molecule has 49 heavy (non-hydrogen) atoms. The maximum absolute atomic E-state index is 13.6. The fourth-order valence-corrected chi connectivity index (χ4v) is 9.83. The monoisotopic (exact) mass is 688 g/mol. The fraction of sp³-hybridized carbons (Fsp3) is 0.872. The predicted octanol–water partition coefficient (Wildman–Crippen LogP) is 5.02.